The predicted octanol–water partition coefficient (Wildman–Crippen LogP) is 4.81. The van der Waals surface area contributed by atoms with E-state index in [1.54, 1.807) is 57.4 Å². The van der Waals surface area contributed by atoms with Crippen LogP contribution in [0.3, 0.4) is 0 Å². The third-order valence-corrected chi connectivity index (χ3v) is 3.73. The van der Waals surface area contributed by atoms with Crippen LogP contribution in [0.2, 0.25) is 5.02 Å². The predicted molar refractivity (Wildman–Crippen MR) is 116 cm³/mol. The number of hydrogen-bond donors (Lipinski definition) is 2. The first-order valence-electron chi connectivity index (χ1n) is 9.26. The lowest BCUT2D eigenvalue weighted by molar-refractivity contribution is -0.119. The van der Waals surface area contributed by atoms with Gasteiger partial charge in [0.1, 0.15) is 11.4 Å². The molecule has 0 unspecified atom stereocenters. The second-order valence-corrected chi connectivity index (χ2v) is 7.93. The molecule has 1 aromatic heterocycles. The van der Waals surface area contributed by atoms with Gasteiger partial charge in [-0.25, -0.2) is 14.8 Å². The van der Waals surface area contributed by atoms with Crippen molar-refractivity contribution >= 4 is 35.4 Å². The maximum Gasteiger partial charge on any atom is 0.412 e. The van der Waals surface area contributed by atoms with Crippen LogP contribution in [-0.2, 0) is 9.53 Å². The molecule has 0 saturated heterocycles. The Hall–Kier alpha value is -3.13. The summed E-state index contributed by atoms with van der Waals surface area (Å²) in [5, 5.41) is 5.63. The Morgan fingerprint density at radius 2 is 1.87 bits per heavy atom. The van der Waals surface area contributed by atoms with Gasteiger partial charge in [0.2, 0.25) is 5.91 Å². The number of benzene rings is 1. The smallest absolute Gasteiger partial charge is 0.412 e. The average Bonchev–Trinajstić information content (AvgIpc) is 2.61. The summed E-state index contributed by atoms with van der Waals surface area (Å²) < 4.78 is 10.8. The number of nitrogens with zero attached hydrogens (tertiary/aromatic N) is 2. The summed E-state index contributed by atoms with van der Waals surface area (Å²) in [6, 6.07) is 4.79. The Kier molecular flexibility index (Phi) is 7.77. The van der Waals surface area contributed by atoms with Crippen molar-refractivity contribution < 1.29 is 19.1 Å². The Morgan fingerprint density at radius 3 is 2.43 bits per heavy atom. The first-order chi connectivity index (χ1) is 14.0. The van der Waals surface area contributed by atoms with Gasteiger partial charge in [-0.2, -0.15) is 0 Å². The van der Waals surface area contributed by atoms with Gasteiger partial charge in [-0.05, 0) is 45.9 Å². The molecule has 1 aromatic carbocycles. The Morgan fingerprint density at radius 1 is 1.20 bits per heavy atom. The molecule has 0 fully saturated rings. The number of carbonyl (C=O) groups is 2. The van der Waals surface area contributed by atoms with Gasteiger partial charge in [0, 0.05) is 36.6 Å². The van der Waals surface area contributed by atoms with Gasteiger partial charge in [-0.3, -0.25) is 10.1 Å². The summed E-state index contributed by atoms with van der Waals surface area (Å²) >= 11 is 6.23. The normalized spacial score (nSPS) is 12.3. The van der Waals surface area contributed by atoms with Crippen molar-refractivity contribution in [2.45, 2.75) is 46.3 Å². The minimum Gasteiger partial charge on any atom is -0.444 e. The van der Waals surface area contributed by atoms with Gasteiger partial charge in [-0.15, -0.1) is 0 Å². The van der Waals surface area contributed by atoms with E-state index in [0.29, 0.717) is 11.4 Å². The average molecular weight is 433 g/mol. The van der Waals surface area contributed by atoms with Crippen LogP contribution in [-0.4, -0.2) is 33.6 Å². The lowest BCUT2D eigenvalue weighted by atomic mass is 10.2. The number of aromatic nitrogens is 2. The van der Waals surface area contributed by atoms with Gasteiger partial charge in [0.05, 0.1) is 5.02 Å². The summed E-state index contributed by atoms with van der Waals surface area (Å²) in [6.45, 7) is 8.66. The molecule has 2 rings (SSSR count). The van der Waals surface area contributed by atoms with Crippen LogP contribution in [0.15, 0.2) is 36.7 Å². The summed E-state index contributed by atoms with van der Waals surface area (Å²) in [5.74, 6) is 0.241. The standard InChI is InChI=1S/C21H25ClN4O4/c1-13(25-14(2)27)6-7-15-11-23-19(24-12-15)29-18-9-8-16(10-17(18)22)26-20(28)30-21(3,4)5/h6-13H,1-5H3,(H,25,27)(H,26,28)/b7-6+/t13-/m0/s1. The van der Waals surface area contributed by atoms with Crippen LogP contribution in [0.4, 0.5) is 10.5 Å². The molecule has 0 saturated carbocycles. The van der Waals surface area contributed by atoms with Crippen molar-refractivity contribution in [2.24, 2.45) is 0 Å². The van der Waals surface area contributed by atoms with Gasteiger partial charge >= 0.3 is 12.1 Å². The first-order valence-corrected chi connectivity index (χ1v) is 9.64. The van der Waals surface area contributed by atoms with Crippen molar-refractivity contribution in [2.75, 3.05) is 5.32 Å². The Bertz CT molecular complexity index is 924. The number of rotatable bonds is 6. The van der Waals surface area contributed by atoms with E-state index in [-0.39, 0.29) is 23.0 Å². The fraction of sp³-hybridized carbons (Fsp3) is 0.333. The fourth-order valence-electron chi connectivity index (χ4n) is 2.27. The molecule has 2 amide bonds. The molecule has 30 heavy (non-hydrogen) atoms. The van der Waals surface area contributed by atoms with Crippen molar-refractivity contribution in [3.8, 4) is 11.8 Å². The van der Waals surface area contributed by atoms with E-state index < -0.39 is 11.7 Å². The van der Waals surface area contributed by atoms with Crippen LogP contribution in [0.5, 0.6) is 11.8 Å². The summed E-state index contributed by atoms with van der Waals surface area (Å²) in [6.07, 6.45) is 6.23. The highest BCUT2D eigenvalue weighted by atomic mass is 35.5. The molecule has 0 aliphatic heterocycles. The zero-order valence-electron chi connectivity index (χ0n) is 17.5. The third kappa shape index (κ3) is 8.08. The highest BCUT2D eigenvalue weighted by Gasteiger charge is 2.16. The van der Waals surface area contributed by atoms with E-state index in [9.17, 15) is 9.59 Å². The third-order valence-electron chi connectivity index (χ3n) is 3.43. The maximum atomic E-state index is 11.8. The lowest BCUT2D eigenvalue weighted by Gasteiger charge is -2.19. The summed E-state index contributed by atoms with van der Waals surface area (Å²) in [5.41, 5.74) is 0.622. The second kappa shape index (κ2) is 10.1. The molecular weight excluding hydrogens is 408 g/mol. The van der Waals surface area contributed by atoms with Crippen molar-refractivity contribution in [1.29, 1.82) is 0 Å². The van der Waals surface area contributed by atoms with Crippen LogP contribution in [0.1, 0.15) is 40.2 Å². The van der Waals surface area contributed by atoms with E-state index in [2.05, 4.69) is 20.6 Å². The van der Waals surface area contributed by atoms with Crippen LogP contribution in [0.25, 0.3) is 6.08 Å². The highest BCUT2D eigenvalue weighted by Crippen LogP contribution is 2.30. The number of halogens is 1. The fourth-order valence-corrected chi connectivity index (χ4v) is 2.49. The minimum absolute atomic E-state index is 0.101. The monoisotopic (exact) mass is 432 g/mol. The van der Waals surface area contributed by atoms with Crippen molar-refractivity contribution in [3.63, 3.8) is 0 Å². The van der Waals surface area contributed by atoms with E-state index in [0.717, 1.165) is 5.56 Å². The van der Waals surface area contributed by atoms with Gasteiger partial charge in [-0.1, -0.05) is 23.8 Å². The SMILES string of the molecule is CC(=O)N[C@@H](C)/C=C/c1cnc(Oc2ccc(NC(=O)OC(C)(C)C)cc2Cl)nc1. The van der Waals surface area contributed by atoms with Crippen LogP contribution in [0, 0.1) is 0 Å². The number of carbonyl (C=O) groups excluding carboxylic acids is 2. The first kappa shape index (κ1) is 23.2. The quantitative estimate of drug-likeness (QED) is 0.679. The van der Waals surface area contributed by atoms with Crippen molar-refractivity contribution in [3.05, 3.63) is 47.3 Å². The molecular formula is C21H25ClN4O4. The summed E-state index contributed by atoms with van der Waals surface area (Å²) in [7, 11) is 0. The van der Waals surface area contributed by atoms with Crippen LogP contribution >= 0.6 is 11.6 Å². The topological polar surface area (TPSA) is 102 Å². The molecule has 0 radical (unpaired) electrons. The van der Waals surface area contributed by atoms with E-state index in [1.807, 2.05) is 13.0 Å². The molecule has 0 aliphatic rings. The molecule has 2 N–H and O–H groups in total. The van der Waals surface area contributed by atoms with Gasteiger partial charge in [0.25, 0.3) is 0 Å². The highest BCUT2D eigenvalue weighted by molar-refractivity contribution is 6.32. The molecule has 1 heterocycles. The number of amides is 2. The Balaban J connectivity index is 1.98. The van der Waals surface area contributed by atoms with Gasteiger partial charge in [0.15, 0.2) is 0 Å². The molecule has 9 heteroatoms. The Labute approximate surface area is 180 Å². The zero-order valence-corrected chi connectivity index (χ0v) is 18.3. The molecule has 2 aromatic rings. The number of ether oxygens (including phenoxy) is 2. The largest absolute Gasteiger partial charge is 0.444 e. The van der Waals surface area contributed by atoms with E-state index in [4.69, 9.17) is 21.1 Å². The zero-order chi connectivity index (χ0) is 22.3. The van der Waals surface area contributed by atoms with Gasteiger partial charge < -0.3 is 14.8 Å². The maximum absolute atomic E-state index is 11.8. The molecule has 1 atom stereocenters. The number of nitrogens with one attached hydrogen (secondary N) is 2. The lowest BCUT2D eigenvalue weighted by Crippen LogP contribution is -2.28. The number of anilines is 1. The summed E-state index contributed by atoms with van der Waals surface area (Å²) in [4.78, 5) is 31.1. The van der Waals surface area contributed by atoms with Crippen molar-refractivity contribution in [1.82, 2.24) is 15.3 Å². The molecule has 0 bridgehead atoms. The molecule has 160 valence electrons. The minimum atomic E-state index is -0.600. The van der Waals surface area contributed by atoms with E-state index in [1.165, 1.54) is 6.92 Å². The molecule has 0 spiro atoms. The van der Waals surface area contributed by atoms with E-state index >= 15 is 0 Å². The number of hydrogen-bond acceptors (Lipinski definition) is 6. The van der Waals surface area contributed by atoms with Crippen LogP contribution < -0.4 is 15.4 Å². The second-order valence-electron chi connectivity index (χ2n) is 7.52. The molecule has 0 aliphatic carbocycles. The molecule has 8 nitrogen and oxygen atoms in total.